The van der Waals surface area contributed by atoms with Gasteiger partial charge in [-0.2, -0.15) is 8.78 Å². The SMILES string of the molecule is Cl.OC1CNCC1CNCc1cc(Cl)ccc1OC(F)F. The number of nitrogens with one attached hydrogen (secondary N) is 2. The standard InChI is InChI=1S/C13H17ClF2N2O2.ClH/c14-10-1-2-12(20-13(15)16)8(3-10)4-17-5-9-6-18-7-11(9)19;/h1-3,9,11,13,17-19H,4-7H2;1H. The van der Waals surface area contributed by atoms with E-state index in [0.29, 0.717) is 30.2 Å². The maximum Gasteiger partial charge on any atom is 0.387 e. The van der Waals surface area contributed by atoms with Crippen LogP contribution in [0.4, 0.5) is 8.78 Å². The summed E-state index contributed by atoms with van der Waals surface area (Å²) in [6.45, 7) is -0.593. The number of benzene rings is 1. The van der Waals surface area contributed by atoms with Gasteiger partial charge in [-0.15, -0.1) is 12.4 Å². The third-order valence-electron chi connectivity index (χ3n) is 3.26. The fourth-order valence-corrected chi connectivity index (χ4v) is 2.41. The second-order valence-corrected chi connectivity index (χ2v) is 5.18. The summed E-state index contributed by atoms with van der Waals surface area (Å²) in [6.07, 6.45) is -0.376. The molecule has 0 radical (unpaired) electrons. The third-order valence-corrected chi connectivity index (χ3v) is 3.50. The van der Waals surface area contributed by atoms with Gasteiger partial charge in [0.1, 0.15) is 5.75 Å². The van der Waals surface area contributed by atoms with Gasteiger partial charge in [-0.1, -0.05) is 11.6 Å². The highest BCUT2D eigenvalue weighted by Crippen LogP contribution is 2.24. The molecule has 1 heterocycles. The van der Waals surface area contributed by atoms with Crippen molar-refractivity contribution >= 4 is 24.0 Å². The molecule has 3 N–H and O–H groups in total. The van der Waals surface area contributed by atoms with Crippen molar-refractivity contribution in [3.8, 4) is 5.75 Å². The van der Waals surface area contributed by atoms with Crippen molar-refractivity contribution in [1.29, 1.82) is 0 Å². The van der Waals surface area contributed by atoms with Gasteiger partial charge in [0.15, 0.2) is 0 Å². The molecule has 120 valence electrons. The smallest absolute Gasteiger partial charge is 0.387 e. The van der Waals surface area contributed by atoms with Crippen molar-refractivity contribution < 1.29 is 18.6 Å². The molecular formula is C13H18Cl2F2N2O2. The second-order valence-electron chi connectivity index (χ2n) is 4.75. The highest BCUT2D eigenvalue weighted by molar-refractivity contribution is 6.30. The van der Waals surface area contributed by atoms with E-state index in [0.717, 1.165) is 6.54 Å². The van der Waals surface area contributed by atoms with Gasteiger partial charge in [0.2, 0.25) is 0 Å². The third kappa shape index (κ3) is 5.56. The van der Waals surface area contributed by atoms with E-state index in [1.165, 1.54) is 12.1 Å². The van der Waals surface area contributed by atoms with Gasteiger partial charge < -0.3 is 20.5 Å². The minimum Gasteiger partial charge on any atom is -0.434 e. The molecule has 1 aliphatic rings. The molecule has 21 heavy (non-hydrogen) atoms. The van der Waals surface area contributed by atoms with Gasteiger partial charge in [-0.25, -0.2) is 0 Å². The Balaban J connectivity index is 0.00000220. The molecule has 2 unspecified atom stereocenters. The van der Waals surface area contributed by atoms with Crippen LogP contribution in [-0.2, 0) is 6.54 Å². The maximum atomic E-state index is 12.3. The Labute approximate surface area is 133 Å². The maximum absolute atomic E-state index is 12.3. The first kappa shape index (κ1) is 18.4. The summed E-state index contributed by atoms with van der Waals surface area (Å²) in [5.74, 6) is 0.232. The van der Waals surface area contributed by atoms with Gasteiger partial charge in [0.05, 0.1) is 6.10 Å². The zero-order valence-corrected chi connectivity index (χ0v) is 12.8. The molecule has 4 nitrogen and oxygen atoms in total. The average molecular weight is 343 g/mol. The number of halogens is 4. The summed E-state index contributed by atoms with van der Waals surface area (Å²) in [5.41, 5.74) is 0.568. The fourth-order valence-electron chi connectivity index (χ4n) is 2.22. The number of β-amino-alcohol motifs (C(OH)–C–C–N with tert-alkyl or cyclic N) is 1. The molecule has 1 fully saturated rings. The van der Waals surface area contributed by atoms with Crippen LogP contribution in [0.2, 0.25) is 5.02 Å². The molecule has 2 rings (SSSR count). The molecule has 1 saturated heterocycles. The lowest BCUT2D eigenvalue weighted by Crippen LogP contribution is -2.30. The number of hydrogen-bond acceptors (Lipinski definition) is 4. The summed E-state index contributed by atoms with van der Waals surface area (Å²) < 4.78 is 29.1. The van der Waals surface area contributed by atoms with E-state index in [1.54, 1.807) is 6.07 Å². The lowest BCUT2D eigenvalue weighted by Gasteiger charge is -2.16. The van der Waals surface area contributed by atoms with Crippen molar-refractivity contribution in [3.05, 3.63) is 28.8 Å². The van der Waals surface area contributed by atoms with Crippen molar-refractivity contribution in [3.63, 3.8) is 0 Å². The van der Waals surface area contributed by atoms with E-state index >= 15 is 0 Å². The normalized spacial score (nSPS) is 21.4. The van der Waals surface area contributed by atoms with Crippen LogP contribution in [0.5, 0.6) is 5.75 Å². The van der Waals surface area contributed by atoms with Gasteiger partial charge in [0.25, 0.3) is 0 Å². The van der Waals surface area contributed by atoms with Gasteiger partial charge in [0, 0.05) is 42.7 Å². The summed E-state index contributed by atoms with van der Waals surface area (Å²) in [6, 6.07) is 4.53. The predicted octanol–water partition coefficient (Wildman–Crippen LogP) is 2.03. The van der Waals surface area contributed by atoms with E-state index in [-0.39, 0.29) is 30.2 Å². The van der Waals surface area contributed by atoms with E-state index in [9.17, 15) is 13.9 Å². The number of aliphatic hydroxyl groups is 1. The molecule has 0 saturated carbocycles. The quantitative estimate of drug-likeness (QED) is 0.740. The van der Waals surface area contributed by atoms with Crippen LogP contribution in [0.1, 0.15) is 5.56 Å². The molecule has 0 bridgehead atoms. The zero-order chi connectivity index (χ0) is 14.5. The second kappa shape index (κ2) is 8.70. The van der Waals surface area contributed by atoms with Crippen LogP contribution in [-0.4, -0.2) is 37.5 Å². The van der Waals surface area contributed by atoms with Gasteiger partial charge in [-0.3, -0.25) is 0 Å². The number of alkyl halides is 2. The number of aliphatic hydroxyl groups excluding tert-OH is 1. The lowest BCUT2D eigenvalue weighted by molar-refractivity contribution is -0.0505. The Morgan fingerprint density at radius 2 is 2.19 bits per heavy atom. The lowest BCUT2D eigenvalue weighted by atomic mass is 10.1. The zero-order valence-electron chi connectivity index (χ0n) is 11.2. The first-order valence-corrected chi connectivity index (χ1v) is 6.77. The Hall–Kier alpha value is -0.660. The first-order valence-electron chi connectivity index (χ1n) is 6.39. The van der Waals surface area contributed by atoms with Crippen molar-refractivity contribution in [2.24, 2.45) is 5.92 Å². The van der Waals surface area contributed by atoms with E-state index in [2.05, 4.69) is 15.4 Å². The molecule has 0 aliphatic carbocycles. The predicted molar refractivity (Wildman–Crippen MR) is 79.4 cm³/mol. The fraction of sp³-hybridized carbons (Fsp3) is 0.538. The van der Waals surface area contributed by atoms with Crippen LogP contribution >= 0.6 is 24.0 Å². The molecule has 0 amide bonds. The Kier molecular flexibility index (Phi) is 7.62. The summed E-state index contributed by atoms with van der Waals surface area (Å²) in [5, 5.41) is 16.3. The van der Waals surface area contributed by atoms with Gasteiger partial charge in [-0.05, 0) is 18.2 Å². The molecule has 0 spiro atoms. The topological polar surface area (TPSA) is 53.5 Å². The minimum absolute atomic E-state index is 0. The van der Waals surface area contributed by atoms with Gasteiger partial charge >= 0.3 is 6.61 Å². The average Bonchev–Trinajstić information content (AvgIpc) is 2.78. The van der Waals surface area contributed by atoms with Crippen LogP contribution in [0.15, 0.2) is 18.2 Å². The van der Waals surface area contributed by atoms with Crippen LogP contribution in [0.3, 0.4) is 0 Å². The molecule has 2 atom stereocenters. The Morgan fingerprint density at radius 1 is 1.43 bits per heavy atom. The number of hydrogen-bond donors (Lipinski definition) is 3. The Morgan fingerprint density at radius 3 is 2.81 bits per heavy atom. The van der Waals surface area contributed by atoms with Crippen molar-refractivity contribution in [1.82, 2.24) is 10.6 Å². The van der Waals surface area contributed by atoms with E-state index in [1.807, 2.05) is 0 Å². The molecule has 1 aromatic carbocycles. The monoisotopic (exact) mass is 342 g/mol. The van der Waals surface area contributed by atoms with E-state index in [4.69, 9.17) is 11.6 Å². The molecule has 0 aromatic heterocycles. The van der Waals surface area contributed by atoms with Crippen LogP contribution in [0.25, 0.3) is 0 Å². The highest BCUT2D eigenvalue weighted by atomic mass is 35.5. The van der Waals surface area contributed by atoms with Crippen molar-refractivity contribution in [2.75, 3.05) is 19.6 Å². The number of ether oxygens (including phenoxy) is 1. The minimum atomic E-state index is -2.87. The molecular weight excluding hydrogens is 325 g/mol. The van der Waals surface area contributed by atoms with Crippen molar-refractivity contribution in [2.45, 2.75) is 19.3 Å². The van der Waals surface area contributed by atoms with Crippen LogP contribution in [0, 0.1) is 5.92 Å². The largest absolute Gasteiger partial charge is 0.434 e. The molecule has 8 heteroatoms. The summed E-state index contributed by atoms with van der Waals surface area (Å²) in [4.78, 5) is 0. The van der Waals surface area contributed by atoms with E-state index < -0.39 is 6.61 Å². The molecule has 1 aromatic rings. The molecule has 1 aliphatic heterocycles. The highest BCUT2D eigenvalue weighted by Gasteiger charge is 2.24. The number of rotatable bonds is 6. The first-order chi connectivity index (χ1) is 9.56. The summed E-state index contributed by atoms with van der Waals surface area (Å²) >= 11 is 5.86. The Bertz CT molecular complexity index is 452. The summed E-state index contributed by atoms with van der Waals surface area (Å²) in [7, 11) is 0. The van der Waals surface area contributed by atoms with Crippen LogP contribution < -0.4 is 15.4 Å².